The van der Waals surface area contributed by atoms with Crippen LogP contribution in [0.3, 0.4) is 0 Å². The van der Waals surface area contributed by atoms with Crippen molar-refractivity contribution in [2.45, 2.75) is 98.5 Å². The molecule has 2 saturated carbocycles. The van der Waals surface area contributed by atoms with Crippen LogP contribution in [0.1, 0.15) is 92.4 Å². The number of fused-ring (bicyclic) bond motifs is 2. The highest BCUT2D eigenvalue weighted by Crippen LogP contribution is 2.66. The van der Waals surface area contributed by atoms with Gasteiger partial charge in [0.05, 0.1) is 6.54 Å². The SMILES string of the molecule is CCCCCN(CCCCC)CC(=O)O[C@@H]1C[C@H]2CC[C@]1(C)C2(C)C. The van der Waals surface area contributed by atoms with Crippen LogP contribution in [-0.4, -0.2) is 36.6 Å². The Labute approximate surface area is 155 Å². The maximum Gasteiger partial charge on any atom is 0.320 e. The van der Waals surface area contributed by atoms with E-state index in [1.54, 1.807) is 0 Å². The molecule has 2 rings (SSSR count). The zero-order valence-electron chi connectivity index (χ0n) is 17.4. The molecule has 0 aromatic carbocycles. The molecule has 0 heterocycles. The minimum absolute atomic E-state index is 0.00238. The van der Waals surface area contributed by atoms with Gasteiger partial charge in [0.25, 0.3) is 0 Å². The molecule has 0 aliphatic heterocycles. The first-order chi connectivity index (χ1) is 11.8. The first-order valence-corrected chi connectivity index (χ1v) is 10.8. The van der Waals surface area contributed by atoms with Gasteiger partial charge in [0, 0.05) is 5.41 Å². The Morgan fingerprint density at radius 2 is 1.64 bits per heavy atom. The van der Waals surface area contributed by atoms with Crippen molar-refractivity contribution in [1.82, 2.24) is 4.90 Å². The number of rotatable bonds is 11. The number of unbranched alkanes of at least 4 members (excludes halogenated alkanes) is 4. The molecule has 0 unspecified atom stereocenters. The van der Waals surface area contributed by atoms with Crippen molar-refractivity contribution in [3.63, 3.8) is 0 Å². The number of hydrogen-bond acceptors (Lipinski definition) is 3. The molecule has 25 heavy (non-hydrogen) atoms. The van der Waals surface area contributed by atoms with Crippen LogP contribution in [0.2, 0.25) is 0 Å². The molecule has 2 aliphatic rings. The molecule has 0 amide bonds. The Kier molecular flexibility index (Phi) is 7.37. The third-order valence-electron chi connectivity index (χ3n) is 7.50. The van der Waals surface area contributed by atoms with Gasteiger partial charge in [0.15, 0.2) is 0 Å². The van der Waals surface area contributed by atoms with E-state index in [1.165, 1.54) is 51.4 Å². The minimum atomic E-state index is 0.00238. The normalized spacial score (nSPS) is 30.2. The first kappa shape index (κ1) is 20.7. The summed E-state index contributed by atoms with van der Waals surface area (Å²) >= 11 is 0. The summed E-state index contributed by atoms with van der Waals surface area (Å²) in [6, 6.07) is 0. The number of nitrogens with zero attached hydrogens (tertiary/aromatic N) is 1. The predicted octanol–water partition coefficient (Wildman–Crippen LogP) is 5.43. The molecule has 0 spiro atoms. The highest BCUT2D eigenvalue weighted by molar-refractivity contribution is 5.72. The summed E-state index contributed by atoms with van der Waals surface area (Å²) in [5.74, 6) is 0.725. The van der Waals surface area contributed by atoms with Gasteiger partial charge in [-0.2, -0.15) is 0 Å². The Hall–Kier alpha value is -0.570. The van der Waals surface area contributed by atoms with Crippen molar-refractivity contribution < 1.29 is 9.53 Å². The molecule has 0 aromatic heterocycles. The molecule has 0 N–H and O–H groups in total. The first-order valence-electron chi connectivity index (χ1n) is 10.8. The van der Waals surface area contributed by atoms with E-state index in [0.717, 1.165) is 25.4 Å². The van der Waals surface area contributed by atoms with E-state index < -0.39 is 0 Å². The van der Waals surface area contributed by atoms with Crippen LogP contribution in [0.4, 0.5) is 0 Å². The van der Waals surface area contributed by atoms with Gasteiger partial charge in [0.1, 0.15) is 6.10 Å². The zero-order valence-corrected chi connectivity index (χ0v) is 17.4. The summed E-state index contributed by atoms with van der Waals surface area (Å²) in [7, 11) is 0. The number of hydrogen-bond donors (Lipinski definition) is 0. The Morgan fingerprint density at radius 3 is 2.08 bits per heavy atom. The second-order valence-electron chi connectivity index (χ2n) is 9.28. The maximum atomic E-state index is 12.6. The molecule has 3 nitrogen and oxygen atoms in total. The minimum Gasteiger partial charge on any atom is -0.461 e. The van der Waals surface area contributed by atoms with E-state index >= 15 is 0 Å². The second-order valence-corrected chi connectivity index (χ2v) is 9.28. The smallest absolute Gasteiger partial charge is 0.320 e. The quantitative estimate of drug-likeness (QED) is 0.367. The lowest BCUT2D eigenvalue weighted by Crippen LogP contribution is -2.41. The van der Waals surface area contributed by atoms with Gasteiger partial charge in [0.2, 0.25) is 0 Å². The third kappa shape index (κ3) is 4.59. The van der Waals surface area contributed by atoms with Crippen molar-refractivity contribution in [3.05, 3.63) is 0 Å². The molecular weight excluding hydrogens is 310 g/mol. The fraction of sp³-hybridized carbons (Fsp3) is 0.955. The molecule has 0 radical (unpaired) electrons. The van der Waals surface area contributed by atoms with E-state index in [0.29, 0.717) is 12.0 Å². The average Bonchev–Trinajstić information content (AvgIpc) is 2.88. The van der Waals surface area contributed by atoms with E-state index in [9.17, 15) is 4.79 Å². The van der Waals surface area contributed by atoms with Gasteiger partial charge >= 0.3 is 5.97 Å². The fourth-order valence-corrected chi connectivity index (χ4v) is 5.13. The summed E-state index contributed by atoms with van der Waals surface area (Å²) in [6.07, 6.45) is 11.0. The third-order valence-corrected chi connectivity index (χ3v) is 7.50. The number of ether oxygens (including phenoxy) is 1. The van der Waals surface area contributed by atoms with Crippen LogP contribution in [0.25, 0.3) is 0 Å². The zero-order chi connectivity index (χ0) is 18.5. The largest absolute Gasteiger partial charge is 0.461 e. The molecular formula is C22H41NO2. The predicted molar refractivity (Wildman–Crippen MR) is 105 cm³/mol. The topological polar surface area (TPSA) is 29.5 Å². The number of carbonyl (C=O) groups excluding carboxylic acids is 1. The Morgan fingerprint density at radius 1 is 1.04 bits per heavy atom. The van der Waals surface area contributed by atoms with Crippen molar-refractivity contribution in [3.8, 4) is 0 Å². The summed E-state index contributed by atoms with van der Waals surface area (Å²) < 4.78 is 6.05. The van der Waals surface area contributed by atoms with Gasteiger partial charge in [-0.15, -0.1) is 0 Å². The van der Waals surface area contributed by atoms with E-state index in [-0.39, 0.29) is 17.5 Å². The van der Waals surface area contributed by atoms with Crippen molar-refractivity contribution in [2.75, 3.05) is 19.6 Å². The van der Waals surface area contributed by atoms with Crippen LogP contribution in [0, 0.1) is 16.7 Å². The molecule has 3 heteroatoms. The molecule has 0 saturated heterocycles. The Bertz CT molecular complexity index is 424. The summed E-state index contributed by atoms with van der Waals surface area (Å²) in [4.78, 5) is 15.0. The van der Waals surface area contributed by atoms with Crippen molar-refractivity contribution in [1.29, 1.82) is 0 Å². The lowest BCUT2D eigenvalue weighted by atomic mass is 9.70. The lowest BCUT2D eigenvalue weighted by molar-refractivity contribution is -0.158. The van der Waals surface area contributed by atoms with Gasteiger partial charge < -0.3 is 4.74 Å². The fourth-order valence-electron chi connectivity index (χ4n) is 5.13. The highest BCUT2D eigenvalue weighted by Gasteiger charge is 2.62. The van der Waals surface area contributed by atoms with Crippen LogP contribution < -0.4 is 0 Å². The number of esters is 1. The van der Waals surface area contributed by atoms with E-state index in [1.807, 2.05) is 0 Å². The summed E-state index contributed by atoms with van der Waals surface area (Å²) in [6.45, 7) is 14.1. The van der Waals surface area contributed by atoms with Crippen molar-refractivity contribution >= 4 is 5.97 Å². The maximum absolute atomic E-state index is 12.6. The molecule has 3 atom stereocenters. The van der Waals surface area contributed by atoms with Gasteiger partial charge in [-0.3, -0.25) is 9.69 Å². The lowest BCUT2D eigenvalue weighted by Gasteiger charge is -2.38. The molecule has 146 valence electrons. The summed E-state index contributed by atoms with van der Waals surface area (Å²) in [5.41, 5.74) is 0.475. The van der Waals surface area contributed by atoms with Crippen LogP contribution >= 0.6 is 0 Å². The molecule has 2 fully saturated rings. The summed E-state index contributed by atoms with van der Waals surface area (Å²) in [5, 5.41) is 0. The molecule has 2 aliphatic carbocycles. The second kappa shape index (κ2) is 8.88. The van der Waals surface area contributed by atoms with Crippen LogP contribution in [0.15, 0.2) is 0 Å². The van der Waals surface area contributed by atoms with Gasteiger partial charge in [-0.1, -0.05) is 60.3 Å². The standard InChI is InChI=1S/C22H41NO2/c1-6-8-10-14-23(15-11-9-7-2)17-20(24)25-19-16-18-12-13-22(19,5)21(18,3)4/h18-19H,6-17H2,1-5H3/t18-,19-,22+/m1/s1. The average molecular weight is 352 g/mol. The highest BCUT2D eigenvalue weighted by atomic mass is 16.5. The van der Waals surface area contributed by atoms with Crippen LogP contribution in [-0.2, 0) is 9.53 Å². The van der Waals surface area contributed by atoms with Gasteiger partial charge in [-0.05, 0) is 56.5 Å². The van der Waals surface area contributed by atoms with E-state index in [2.05, 4.69) is 39.5 Å². The van der Waals surface area contributed by atoms with Crippen molar-refractivity contribution in [2.24, 2.45) is 16.7 Å². The molecule has 2 bridgehead atoms. The molecule has 0 aromatic rings. The monoisotopic (exact) mass is 351 g/mol. The Balaban J connectivity index is 1.85. The van der Waals surface area contributed by atoms with E-state index in [4.69, 9.17) is 4.74 Å². The number of carbonyl (C=O) groups is 1. The van der Waals surface area contributed by atoms with Gasteiger partial charge in [-0.25, -0.2) is 0 Å². The van der Waals surface area contributed by atoms with Crippen LogP contribution in [0.5, 0.6) is 0 Å².